The zero-order valence-electron chi connectivity index (χ0n) is 20.7. The monoisotopic (exact) mass is 396 g/mol. The summed E-state index contributed by atoms with van der Waals surface area (Å²) in [5.41, 5.74) is 2.51. The van der Waals surface area contributed by atoms with Crippen LogP contribution in [0.4, 0.5) is 0 Å². The lowest BCUT2D eigenvalue weighted by Gasteiger charge is -2.75. The lowest BCUT2D eigenvalue weighted by Crippen LogP contribution is -2.70. The molecule has 0 amide bonds. The fourth-order valence-corrected chi connectivity index (χ4v) is 13.0. The minimum atomic E-state index is 0.461. The summed E-state index contributed by atoms with van der Waals surface area (Å²) in [6, 6.07) is 0. The molecule has 0 aromatic heterocycles. The Hall–Kier alpha value is 0. The van der Waals surface area contributed by atoms with Crippen molar-refractivity contribution in [1.82, 2.24) is 0 Å². The van der Waals surface area contributed by atoms with Gasteiger partial charge in [-0.3, -0.25) is 0 Å². The first-order valence-electron chi connectivity index (χ1n) is 13.5. The van der Waals surface area contributed by atoms with Crippen LogP contribution in [-0.4, -0.2) is 0 Å². The highest BCUT2D eigenvalue weighted by molar-refractivity contribution is 5.35. The van der Waals surface area contributed by atoms with Crippen LogP contribution in [0.15, 0.2) is 0 Å². The molecule has 7 aliphatic rings. The second-order valence-electron chi connectivity index (χ2n) is 15.1. The van der Waals surface area contributed by atoms with Crippen molar-refractivity contribution in [3.05, 3.63) is 0 Å². The highest BCUT2D eigenvalue weighted by Crippen LogP contribution is 2.93. The summed E-state index contributed by atoms with van der Waals surface area (Å²) in [5.74, 6) is 10.2. The Morgan fingerprint density at radius 2 is 1.52 bits per heavy atom. The minimum absolute atomic E-state index is 0.461. The van der Waals surface area contributed by atoms with E-state index in [-0.39, 0.29) is 0 Å². The molecule has 0 heteroatoms. The molecule has 12 atom stereocenters. The fraction of sp³-hybridized carbons (Fsp3) is 1.00. The summed E-state index contributed by atoms with van der Waals surface area (Å²) < 4.78 is 0. The smallest absolute Gasteiger partial charge is 0.0140 e. The molecule has 0 radical (unpaired) electrons. The summed E-state index contributed by atoms with van der Waals surface area (Å²) >= 11 is 0. The van der Waals surface area contributed by atoms with E-state index >= 15 is 0 Å². The van der Waals surface area contributed by atoms with Crippen molar-refractivity contribution in [1.29, 1.82) is 0 Å². The van der Waals surface area contributed by atoms with E-state index in [2.05, 4.69) is 55.4 Å². The first-order chi connectivity index (χ1) is 13.5. The Labute approximate surface area is 181 Å². The fourth-order valence-electron chi connectivity index (χ4n) is 13.0. The quantitative estimate of drug-likeness (QED) is 0.442. The van der Waals surface area contributed by atoms with Gasteiger partial charge in [-0.15, -0.1) is 0 Å². The molecule has 0 aliphatic heterocycles. The average molecular weight is 397 g/mol. The van der Waals surface area contributed by atoms with Crippen LogP contribution in [0.2, 0.25) is 0 Å². The predicted octanol–water partition coefficient (Wildman–Crippen LogP) is 8.07. The molecule has 0 aromatic rings. The van der Waals surface area contributed by atoms with E-state index < -0.39 is 0 Å². The molecule has 29 heavy (non-hydrogen) atoms. The van der Waals surface area contributed by atoms with Gasteiger partial charge in [0.05, 0.1) is 0 Å². The summed E-state index contributed by atoms with van der Waals surface area (Å²) in [6.07, 6.45) is 11.1. The van der Waals surface area contributed by atoms with Crippen LogP contribution < -0.4 is 0 Å². The summed E-state index contributed by atoms with van der Waals surface area (Å²) in [4.78, 5) is 0. The van der Waals surface area contributed by atoms with Crippen LogP contribution in [-0.2, 0) is 0 Å². The first-order valence-corrected chi connectivity index (χ1v) is 13.5. The number of fused-ring (bicyclic) bond motifs is 2. The van der Waals surface area contributed by atoms with E-state index in [0.717, 1.165) is 64.6 Å². The van der Waals surface area contributed by atoms with Crippen LogP contribution in [0.3, 0.4) is 0 Å². The Bertz CT molecular complexity index is 712. The van der Waals surface area contributed by atoms with Crippen LogP contribution in [0.1, 0.15) is 100 Å². The molecule has 0 nitrogen and oxygen atoms in total. The van der Waals surface area contributed by atoms with Gasteiger partial charge in [-0.1, -0.05) is 55.4 Å². The van der Waals surface area contributed by atoms with E-state index in [4.69, 9.17) is 0 Å². The zero-order valence-corrected chi connectivity index (χ0v) is 20.7. The van der Waals surface area contributed by atoms with Crippen LogP contribution in [0.5, 0.6) is 0 Å². The highest BCUT2D eigenvalue weighted by atomic mass is 14.9. The standard InChI is InChI=1S/C29H48/c1-16(2)22-12-25-20-10-23-19(5)24(11-20)29(22,25)28(23)13-17(3)21-9-18(4)27(28,14-21)15-26(6,7)8/h16-25H,9-15H2,1-8H3. The Balaban J connectivity index is 1.62. The maximum Gasteiger partial charge on any atom is -0.0140 e. The maximum absolute atomic E-state index is 2.74. The van der Waals surface area contributed by atoms with Gasteiger partial charge in [0.15, 0.2) is 0 Å². The minimum Gasteiger partial charge on any atom is -0.0625 e. The number of rotatable bonds is 2. The lowest BCUT2D eigenvalue weighted by atomic mass is 9.29. The predicted molar refractivity (Wildman–Crippen MR) is 122 cm³/mol. The van der Waals surface area contributed by atoms with Gasteiger partial charge in [-0.05, 0) is 126 Å². The van der Waals surface area contributed by atoms with Gasteiger partial charge in [0, 0.05) is 0 Å². The van der Waals surface area contributed by atoms with Crippen LogP contribution in [0.25, 0.3) is 0 Å². The molecule has 7 rings (SSSR count). The van der Waals surface area contributed by atoms with Crippen molar-refractivity contribution in [2.45, 2.75) is 100 Å². The molecule has 0 saturated heterocycles. The van der Waals surface area contributed by atoms with Gasteiger partial charge in [-0.25, -0.2) is 0 Å². The Morgan fingerprint density at radius 3 is 2.17 bits per heavy atom. The zero-order chi connectivity index (χ0) is 20.7. The molecule has 6 bridgehead atoms. The van der Waals surface area contributed by atoms with Crippen molar-refractivity contribution in [3.63, 3.8) is 0 Å². The average Bonchev–Trinajstić information content (AvgIpc) is 3.00. The molecule has 2 spiro atoms. The molecule has 0 N–H and O–H groups in total. The molecular formula is C29H48. The SMILES string of the molecule is CC(C)C1CC2C3CC4C(C)C(C3)C3(CC(C)C5CC(C)C3(CC(C)(C)C)C5)C124. The topological polar surface area (TPSA) is 0 Å². The van der Waals surface area contributed by atoms with Crippen molar-refractivity contribution >= 4 is 0 Å². The molecule has 7 fully saturated rings. The number of hydrogen-bond donors (Lipinski definition) is 0. The van der Waals surface area contributed by atoms with E-state index in [1.54, 1.807) is 38.5 Å². The van der Waals surface area contributed by atoms with E-state index in [1.807, 2.05) is 0 Å². The molecule has 7 aliphatic carbocycles. The largest absolute Gasteiger partial charge is 0.0625 e. The van der Waals surface area contributed by atoms with Gasteiger partial charge in [0.1, 0.15) is 0 Å². The molecule has 0 aromatic carbocycles. The lowest BCUT2D eigenvalue weighted by molar-refractivity contribution is -0.277. The van der Waals surface area contributed by atoms with Gasteiger partial charge in [0.2, 0.25) is 0 Å². The van der Waals surface area contributed by atoms with Crippen molar-refractivity contribution in [2.75, 3.05) is 0 Å². The number of hydrogen-bond acceptors (Lipinski definition) is 0. The highest BCUT2D eigenvalue weighted by Gasteiger charge is 2.87. The second kappa shape index (κ2) is 5.49. The third kappa shape index (κ3) is 1.89. The summed E-state index contributed by atoms with van der Waals surface area (Å²) in [6.45, 7) is 21.0. The van der Waals surface area contributed by atoms with E-state index in [9.17, 15) is 0 Å². The van der Waals surface area contributed by atoms with Crippen LogP contribution >= 0.6 is 0 Å². The molecular weight excluding hydrogens is 348 g/mol. The second-order valence-corrected chi connectivity index (χ2v) is 15.1. The first kappa shape index (κ1) is 19.7. The van der Waals surface area contributed by atoms with Gasteiger partial charge < -0.3 is 0 Å². The molecule has 7 saturated carbocycles. The van der Waals surface area contributed by atoms with E-state index in [1.165, 1.54) is 6.42 Å². The summed E-state index contributed by atoms with van der Waals surface area (Å²) in [7, 11) is 0. The Kier molecular flexibility index (Phi) is 3.72. The van der Waals surface area contributed by atoms with Gasteiger partial charge in [-0.2, -0.15) is 0 Å². The third-order valence-corrected chi connectivity index (χ3v) is 12.9. The molecule has 164 valence electrons. The van der Waals surface area contributed by atoms with Gasteiger partial charge in [0.25, 0.3) is 0 Å². The van der Waals surface area contributed by atoms with Crippen LogP contribution in [0, 0.1) is 80.8 Å². The van der Waals surface area contributed by atoms with Crippen molar-refractivity contribution < 1.29 is 0 Å². The molecule has 12 unspecified atom stereocenters. The third-order valence-electron chi connectivity index (χ3n) is 12.9. The Morgan fingerprint density at radius 1 is 0.828 bits per heavy atom. The van der Waals surface area contributed by atoms with Gasteiger partial charge >= 0.3 is 0 Å². The summed E-state index contributed by atoms with van der Waals surface area (Å²) in [5, 5.41) is 0. The molecule has 0 heterocycles. The normalized spacial score (nSPS) is 62.2. The maximum atomic E-state index is 2.74. The van der Waals surface area contributed by atoms with Crippen molar-refractivity contribution in [2.24, 2.45) is 80.8 Å². The van der Waals surface area contributed by atoms with Crippen molar-refractivity contribution in [3.8, 4) is 0 Å². The van der Waals surface area contributed by atoms with E-state index in [0.29, 0.717) is 16.2 Å².